The lowest BCUT2D eigenvalue weighted by Crippen LogP contribution is -2.40. The van der Waals surface area contributed by atoms with Crippen LogP contribution in [-0.2, 0) is 33.3 Å². The SMILES string of the molecule is CC/C=C\C/C=C\C/C=C\C/C=C\C/C=C\C/C=C\C/C=C\C/C=C\C/C=C\CCCCCCCCCCCC(=O)OC(COC(=O)CCCCCCCCCCCCCCCCCCCCCCCCCC/C=C\C/C=C\C/C=C\CCCCCCC)COC(OCC[N+](C)(C)C)C(=O)O. The van der Waals surface area contributed by atoms with Crippen molar-refractivity contribution in [3.8, 4) is 0 Å². The van der Waals surface area contributed by atoms with Gasteiger partial charge in [0.25, 0.3) is 6.29 Å². The zero-order valence-corrected chi connectivity index (χ0v) is 66.3. The number of ether oxygens (including phenoxy) is 4. The number of carbonyl (C=O) groups excluding carboxylic acids is 2. The fourth-order valence-electron chi connectivity index (χ4n) is 11.7. The number of nitrogens with zero attached hydrogens (tertiary/aromatic N) is 1. The van der Waals surface area contributed by atoms with E-state index in [2.05, 4.69) is 160 Å². The summed E-state index contributed by atoms with van der Waals surface area (Å²) in [6, 6.07) is 0. The summed E-state index contributed by atoms with van der Waals surface area (Å²) in [7, 11) is 5.98. The van der Waals surface area contributed by atoms with E-state index in [0.29, 0.717) is 23.9 Å². The minimum Gasteiger partial charge on any atom is -0.477 e. The van der Waals surface area contributed by atoms with E-state index in [4.69, 9.17) is 18.9 Å². The molecule has 9 heteroatoms. The highest BCUT2D eigenvalue weighted by Crippen LogP contribution is 2.19. The Kier molecular flexibility index (Phi) is 77.0. The van der Waals surface area contributed by atoms with E-state index < -0.39 is 24.3 Å². The van der Waals surface area contributed by atoms with Crippen molar-refractivity contribution in [2.45, 2.75) is 373 Å². The van der Waals surface area contributed by atoms with Crippen LogP contribution >= 0.6 is 0 Å². The normalized spacial score (nSPS) is 13.4. The molecular weight excluding hydrogens is 1250 g/mol. The van der Waals surface area contributed by atoms with Crippen LogP contribution in [-0.4, -0.2) is 87.4 Å². The first-order valence-corrected chi connectivity index (χ1v) is 42.0. The fraction of sp³-hybridized carbons (Fsp3) is 0.707. The molecule has 0 bridgehead atoms. The monoisotopic (exact) mass is 1410 g/mol. The Labute approximate surface area is 623 Å². The maximum absolute atomic E-state index is 13.0. The van der Waals surface area contributed by atoms with Gasteiger partial charge in [-0.25, -0.2) is 4.79 Å². The molecular formula is C92H158NO8+. The number of carbonyl (C=O) groups is 3. The molecule has 2 atom stereocenters. The molecule has 0 heterocycles. The summed E-state index contributed by atoms with van der Waals surface area (Å²) in [5, 5.41) is 9.78. The van der Waals surface area contributed by atoms with Gasteiger partial charge in [0.1, 0.15) is 13.2 Å². The van der Waals surface area contributed by atoms with Gasteiger partial charge in [0.05, 0.1) is 34.4 Å². The zero-order valence-electron chi connectivity index (χ0n) is 66.3. The lowest BCUT2D eigenvalue weighted by molar-refractivity contribution is -0.870. The smallest absolute Gasteiger partial charge is 0.361 e. The Morgan fingerprint density at radius 1 is 0.307 bits per heavy atom. The third-order valence-electron chi connectivity index (χ3n) is 18.1. The molecule has 0 spiro atoms. The van der Waals surface area contributed by atoms with Gasteiger partial charge >= 0.3 is 17.9 Å². The summed E-state index contributed by atoms with van der Waals surface area (Å²) >= 11 is 0. The van der Waals surface area contributed by atoms with Crippen molar-refractivity contribution in [1.29, 1.82) is 0 Å². The molecule has 0 aromatic rings. The third kappa shape index (κ3) is 82.3. The van der Waals surface area contributed by atoms with Gasteiger partial charge < -0.3 is 28.5 Å². The summed E-state index contributed by atoms with van der Waals surface area (Å²) in [5.74, 6) is -2.01. The molecule has 0 radical (unpaired) electrons. The van der Waals surface area contributed by atoms with Crippen LogP contribution in [0.1, 0.15) is 361 Å². The highest BCUT2D eigenvalue weighted by atomic mass is 16.7. The van der Waals surface area contributed by atoms with Crippen molar-refractivity contribution in [3.63, 3.8) is 0 Å². The van der Waals surface area contributed by atoms with Crippen molar-refractivity contribution in [1.82, 2.24) is 0 Å². The number of hydrogen-bond donors (Lipinski definition) is 1. The average molecular weight is 1410 g/mol. The van der Waals surface area contributed by atoms with E-state index in [9.17, 15) is 19.5 Å². The number of hydrogen-bond acceptors (Lipinski definition) is 7. The Balaban J connectivity index is 4.04. The molecule has 0 saturated heterocycles. The lowest BCUT2D eigenvalue weighted by atomic mass is 10.0. The Morgan fingerprint density at radius 2 is 0.564 bits per heavy atom. The van der Waals surface area contributed by atoms with Crippen LogP contribution < -0.4 is 0 Å². The van der Waals surface area contributed by atoms with Crippen molar-refractivity contribution in [2.24, 2.45) is 0 Å². The molecule has 0 aliphatic carbocycles. The first-order valence-electron chi connectivity index (χ1n) is 42.0. The quantitative estimate of drug-likeness (QED) is 0.0211. The van der Waals surface area contributed by atoms with Crippen LogP contribution in [0.15, 0.2) is 146 Å². The van der Waals surface area contributed by atoms with Gasteiger partial charge in [-0.05, 0) is 122 Å². The second-order valence-electron chi connectivity index (χ2n) is 29.1. The van der Waals surface area contributed by atoms with E-state index in [-0.39, 0.29) is 32.2 Å². The van der Waals surface area contributed by atoms with Gasteiger partial charge in [-0.15, -0.1) is 0 Å². The first-order chi connectivity index (χ1) is 49.6. The molecule has 0 aromatic carbocycles. The number of esters is 2. The van der Waals surface area contributed by atoms with E-state index >= 15 is 0 Å². The molecule has 0 saturated carbocycles. The number of likely N-dealkylation sites (N-methyl/N-ethyl adjacent to an activating group) is 1. The van der Waals surface area contributed by atoms with E-state index in [1.165, 1.54) is 212 Å². The van der Waals surface area contributed by atoms with Crippen molar-refractivity contribution in [2.75, 3.05) is 47.5 Å². The highest BCUT2D eigenvalue weighted by Gasteiger charge is 2.25. The number of aliphatic carboxylic acids is 1. The summed E-state index contributed by atoms with van der Waals surface area (Å²) in [5.41, 5.74) is 0. The van der Waals surface area contributed by atoms with Crippen LogP contribution in [0.5, 0.6) is 0 Å². The molecule has 2 unspecified atom stereocenters. The summed E-state index contributed by atoms with van der Waals surface area (Å²) in [4.78, 5) is 37.8. The van der Waals surface area contributed by atoms with E-state index in [1.54, 1.807) is 0 Å². The molecule has 0 amide bonds. The third-order valence-corrected chi connectivity index (χ3v) is 18.1. The number of quaternary nitrogens is 1. The van der Waals surface area contributed by atoms with Gasteiger partial charge in [-0.3, -0.25) is 9.59 Å². The maximum Gasteiger partial charge on any atom is 0.361 e. The summed E-state index contributed by atoms with van der Waals surface area (Å²) in [6.07, 6.45) is 116. The van der Waals surface area contributed by atoms with Gasteiger partial charge in [0.2, 0.25) is 0 Å². The molecule has 0 fully saturated rings. The largest absolute Gasteiger partial charge is 0.477 e. The molecule has 578 valence electrons. The molecule has 9 nitrogen and oxygen atoms in total. The van der Waals surface area contributed by atoms with Crippen LogP contribution in [0.4, 0.5) is 0 Å². The summed E-state index contributed by atoms with van der Waals surface area (Å²) < 4.78 is 23.1. The number of carboxylic acids is 1. The van der Waals surface area contributed by atoms with Gasteiger partial charge in [-0.2, -0.15) is 0 Å². The minimum absolute atomic E-state index is 0.182. The first kappa shape index (κ1) is 96.2. The standard InChI is InChI=1S/C92H157NO8/c1-6-8-10-12-14-16-18-20-22-24-26-28-30-32-34-36-38-40-42-44-45-47-48-50-52-54-56-58-60-62-64-66-68-70-72-74-76-78-80-82-89(94)99-86-88(87-100-92(91(96)97)98-85-84-93(3,4)5)101-90(95)83-81-79-77-75-73-71-69-67-65-63-61-59-57-55-53-51-49-46-43-41-39-37-35-33-31-29-27-25-23-21-19-17-15-13-11-9-7-2/h9,11,15,17-18,20-21,23-24,26-27,29-30,32-33,35,39,41,46,49,53,55,59,61,88,92H,6-8,10,12-14,16,19,22,25,28,31,34,36-38,40,42-45,47-48,50-52,54,56-58,60,62-87H2,1-5H3/p+1/b11-9-,17-15-,20-18-,23-21-,26-24-,29-27-,32-30-,35-33-,41-39-,49-46-,55-53-,61-59-. The molecule has 0 aromatic heterocycles. The van der Waals surface area contributed by atoms with Gasteiger partial charge in [0.15, 0.2) is 6.10 Å². The second kappa shape index (κ2) is 80.8. The molecule has 0 rings (SSSR count). The Morgan fingerprint density at radius 3 is 0.842 bits per heavy atom. The average Bonchev–Trinajstić information content (AvgIpc) is 1.25. The van der Waals surface area contributed by atoms with E-state index in [1.807, 2.05) is 21.1 Å². The Hall–Kier alpha value is -4.83. The van der Waals surface area contributed by atoms with Crippen molar-refractivity contribution >= 4 is 17.9 Å². The van der Waals surface area contributed by atoms with Gasteiger partial charge in [-0.1, -0.05) is 372 Å². The Bertz CT molecular complexity index is 2180. The predicted octanol–water partition coefficient (Wildman–Crippen LogP) is 27.4. The minimum atomic E-state index is -1.52. The van der Waals surface area contributed by atoms with Crippen molar-refractivity contribution < 1.29 is 42.9 Å². The topological polar surface area (TPSA) is 108 Å². The lowest BCUT2D eigenvalue weighted by Gasteiger charge is -2.25. The molecule has 0 aliphatic rings. The second-order valence-corrected chi connectivity index (χ2v) is 29.1. The molecule has 0 aliphatic heterocycles. The predicted molar refractivity (Wildman–Crippen MR) is 437 cm³/mol. The molecule has 101 heavy (non-hydrogen) atoms. The number of allylic oxidation sites excluding steroid dienone is 24. The summed E-state index contributed by atoms with van der Waals surface area (Å²) in [6.45, 7) is 4.77. The fourth-order valence-corrected chi connectivity index (χ4v) is 11.7. The van der Waals surface area contributed by atoms with E-state index in [0.717, 1.165) is 116 Å². The van der Waals surface area contributed by atoms with Crippen molar-refractivity contribution in [3.05, 3.63) is 146 Å². The number of carboxylic acid groups (broad SMARTS) is 1. The van der Waals surface area contributed by atoms with Crippen LogP contribution in [0, 0.1) is 0 Å². The maximum atomic E-state index is 13.0. The van der Waals surface area contributed by atoms with Crippen LogP contribution in [0.2, 0.25) is 0 Å². The highest BCUT2D eigenvalue weighted by molar-refractivity contribution is 5.71. The van der Waals surface area contributed by atoms with Crippen LogP contribution in [0.25, 0.3) is 0 Å². The van der Waals surface area contributed by atoms with Crippen LogP contribution in [0.3, 0.4) is 0 Å². The number of rotatable bonds is 77. The molecule has 1 N–H and O–H groups in total. The number of unbranched alkanes of at least 4 members (excludes halogenated alkanes) is 38. The zero-order chi connectivity index (χ0) is 73.2. The van der Waals surface area contributed by atoms with Gasteiger partial charge in [0, 0.05) is 12.8 Å².